The average Bonchev–Trinajstić information content (AvgIpc) is 2.25. The minimum atomic E-state index is 0.0374. The minimum absolute atomic E-state index is 0.0374. The zero-order valence-electron chi connectivity index (χ0n) is 8.84. The van der Waals surface area contributed by atoms with Gasteiger partial charge in [-0.05, 0) is 6.42 Å². The second-order valence-corrected chi connectivity index (χ2v) is 4.73. The molecule has 1 aliphatic heterocycles. The van der Waals surface area contributed by atoms with Crippen LogP contribution >= 0.6 is 11.8 Å². The van der Waals surface area contributed by atoms with Gasteiger partial charge in [0.2, 0.25) is 5.91 Å². The molecule has 3 nitrogen and oxygen atoms in total. The van der Waals surface area contributed by atoms with Crippen LogP contribution in [0.25, 0.3) is 0 Å². The number of hydrogen-bond donors (Lipinski definition) is 2. The van der Waals surface area contributed by atoms with Crippen LogP contribution in [0.5, 0.6) is 0 Å². The predicted octanol–water partition coefficient (Wildman–Crippen LogP) is 0.998. The Balaban J connectivity index is 2.07. The van der Waals surface area contributed by atoms with Crippen molar-refractivity contribution in [1.29, 1.82) is 0 Å². The Bertz CT molecular complexity index is 170. The summed E-state index contributed by atoms with van der Waals surface area (Å²) in [6.45, 7) is 3.95. The Kier molecular flexibility index (Phi) is 6.03. The van der Waals surface area contributed by atoms with Crippen LogP contribution in [-0.4, -0.2) is 36.5 Å². The molecule has 0 spiro atoms. The number of amides is 1. The van der Waals surface area contributed by atoms with Crippen LogP contribution < -0.4 is 10.6 Å². The maximum atomic E-state index is 11.6. The highest BCUT2D eigenvalue weighted by molar-refractivity contribution is 7.99. The number of nitrogens with one attached hydrogen (secondary N) is 2. The van der Waals surface area contributed by atoms with Gasteiger partial charge in [0.1, 0.15) is 0 Å². The van der Waals surface area contributed by atoms with Gasteiger partial charge in [0, 0.05) is 24.6 Å². The molecule has 1 aliphatic rings. The van der Waals surface area contributed by atoms with Crippen LogP contribution in [-0.2, 0) is 4.79 Å². The summed E-state index contributed by atoms with van der Waals surface area (Å²) in [5.74, 6) is 2.22. The number of hydrogen-bond acceptors (Lipinski definition) is 3. The van der Waals surface area contributed by atoms with Gasteiger partial charge in [-0.15, -0.1) is 0 Å². The summed E-state index contributed by atoms with van der Waals surface area (Å²) < 4.78 is 0. The van der Waals surface area contributed by atoms with Crippen molar-refractivity contribution in [3.63, 3.8) is 0 Å². The second-order valence-electron chi connectivity index (χ2n) is 3.58. The van der Waals surface area contributed by atoms with Gasteiger partial charge in [-0.2, -0.15) is 11.8 Å². The molecule has 0 bridgehead atoms. The number of carbonyl (C=O) groups is 1. The van der Waals surface area contributed by atoms with Crippen LogP contribution in [0.2, 0.25) is 0 Å². The SMILES string of the molecule is CCCCCNC(=O)C1CSCCN1. The quantitative estimate of drug-likeness (QED) is 0.674. The third-order valence-corrected chi connectivity index (χ3v) is 3.38. The van der Waals surface area contributed by atoms with E-state index in [0.717, 1.165) is 31.0 Å². The van der Waals surface area contributed by atoms with Crippen molar-refractivity contribution >= 4 is 17.7 Å². The fraction of sp³-hybridized carbons (Fsp3) is 0.900. The first-order valence-electron chi connectivity index (χ1n) is 5.43. The van der Waals surface area contributed by atoms with Crippen molar-refractivity contribution in [2.45, 2.75) is 32.2 Å². The van der Waals surface area contributed by atoms with Crippen LogP contribution in [0.3, 0.4) is 0 Å². The third-order valence-electron chi connectivity index (χ3n) is 2.32. The second kappa shape index (κ2) is 7.12. The molecule has 1 fully saturated rings. The molecule has 1 amide bonds. The standard InChI is InChI=1S/C10H20N2OS/c1-2-3-4-5-12-10(13)9-8-14-7-6-11-9/h9,11H,2-8H2,1H3,(H,12,13). The minimum Gasteiger partial charge on any atom is -0.355 e. The molecule has 1 rings (SSSR count). The molecular formula is C10H20N2OS. The monoisotopic (exact) mass is 216 g/mol. The number of unbranched alkanes of at least 4 members (excludes halogenated alkanes) is 2. The molecule has 0 aromatic heterocycles. The molecule has 82 valence electrons. The number of thioether (sulfide) groups is 1. The zero-order chi connectivity index (χ0) is 10.2. The van der Waals surface area contributed by atoms with E-state index in [9.17, 15) is 4.79 Å². The van der Waals surface area contributed by atoms with Crippen molar-refractivity contribution in [1.82, 2.24) is 10.6 Å². The van der Waals surface area contributed by atoms with E-state index in [1.807, 2.05) is 11.8 Å². The van der Waals surface area contributed by atoms with Gasteiger partial charge in [0.25, 0.3) is 0 Å². The lowest BCUT2D eigenvalue weighted by atomic mass is 10.2. The van der Waals surface area contributed by atoms with E-state index in [1.54, 1.807) is 0 Å². The maximum Gasteiger partial charge on any atom is 0.237 e. The molecule has 1 atom stereocenters. The molecule has 0 aromatic carbocycles. The van der Waals surface area contributed by atoms with E-state index in [-0.39, 0.29) is 11.9 Å². The summed E-state index contributed by atoms with van der Waals surface area (Å²) >= 11 is 1.85. The van der Waals surface area contributed by atoms with Crippen molar-refractivity contribution < 1.29 is 4.79 Å². The number of carbonyl (C=O) groups excluding carboxylic acids is 1. The highest BCUT2D eigenvalue weighted by Crippen LogP contribution is 2.07. The van der Waals surface area contributed by atoms with Crippen LogP contribution in [0.1, 0.15) is 26.2 Å². The molecule has 4 heteroatoms. The summed E-state index contributed by atoms with van der Waals surface area (Å²) in [7, 11) is 0. The van der Waals surface area contributed by atoms with Crippen molar-refractivity contribution in [2.24, 2.45) is 0 Å². The highest BCUT2D eigenvalue weighted by Gasteiger charge is 2.19. The Morgan fingerprint density at radius 2 is 2.43 bits per heavy atom. The molecule has 1 saturated heterocycles. The van der Waals surface area contributed by atoms with E-state index >= 15 is 0 Å². The van der Waals surface area contributed by atoms with Gasteiger partial charge in [-0.25, -0.2) is 0 Å². The Hall–Kier alpha value is -0.220. The lowest BCUT2D eigenvalue weighted by Crippen LogP contribution is -2.49. The average molecular weight is 216 g/mol. The first-order chi connectivity index (χ1) is 6.84. The normalized spacial score (nSPS) is 21.9. The molecule has 1 heterocycles. The van der Waals surface area contributed by atoms with Gasteiger partial charge in [-0.1, -0.05) is 19.8 Å². The fourth-order valence-corrected chi connectivity index (χ4v) is 2.38. The van der Waals surface area contributed by atoms with Gasteiger partial charge in [0.15, 0.2) is 0 Å². The van der Waals surface area contributed by atoms with Crippen LogP contribution in [0.15, 0.2) is 0 Å². The van der Waals surface area contributed by atoms with E-state index < -0.39 is 0 Å². The Morgan fingerprint density at radius 1 is 1.57 bits per heavy atom. The lowest BCUT2D eigenvalue weighted by Gasteiger charge is -2.22. The zero-order valence-corrected chi connectivity index (χ0v) is 9.66. The summed E-state index contributed by atoms with van der Waals surface area (Å²) in [5.41, 5.74) is 0. The molecule has 0 saturated carbocycles. The fourth-order valence-electron chi connectivity index (χ4n) is 1.44. The third kappa shape index (κ3) is 4.33. The molecule has 0 aliphatic carbocycles. The molecule has 2 N–H and O–H groups in total. The van der Waals surface area contributed by atoms with Crippen molar-refractivity contribution in [3.05, 3.63) is 0 Å². The van der Waals surface area contributed by atoms with Crippen molar-refractivity contribution in [2.75, 3.05) is 24.6 Å². The molecule has 14 heavy (non-hydrogen) atoms. The summed E-state index contributed by atoms with van der Waals surface area (Å²) in [5, 5.41) is 6.20. The van der Waals surface area contributed by atoms with E-state index in [2.05, 4.69) is 17.6 Å². The molecule has 0 radical (unpaired) electrons. The molecular weight excluding hydrogens is 196 g/mol. The smallest absolute Gasteiger partial charge is 0.237 e. The Labute approximate surface area is 90.4 Å². The van der Waals surface area contributed by atoms with Gasteiger partial charge < -0.3 is 10.6 Å². The first kappa shape index (κ1) is 11.9. The van der Waals surface area contributed by atoms with Gasteiger partial charge in [0.05, 0.1) is 6.04 Å². The molecule has 0 aromatic rings. The maximum absolute atomic E-state index is 11.6. The first-order valence-corrected chi connectivity index (χ1v) is 6.59. The van der Waals surface area contributed by atoms with Crippen LogP contribution in [0, 0.1) is 0 Å². The van der Waals surface area contributed by atoms with Crippen molar-refractivity contribution in [3.8, 4) is 0 Å². The Morgan fingerprint density at radius 3 is 3.07 bits per heavy atom. The van der Waals surface area contributed by atoms with Crippen LogP contribution in [0.4, 0.5) is 0 Å². The summed E-state index contributed by atoms with van der Waals surface area (Å²) in [4.78, 5) is 11.6. The van der Waals surface area contributed by atoms with E-state index in [0.29, 0.717) is 0 Å². The lowest BCUT2D eigenvalue weighted by molar-refractivity contribution is -0.122. The highest BCUT2D eigenvalue weighted by atomic mass is 32.2. The summed E-state index contributed by atoms with van der Waals surface area (Å²) in [6, 6.07) is 0.0374. The number of rotatable bonds is 5. The van der Waals surface area contributed by atoms with E-state index in [1.165, 1.54) is 12.8 Å². The largest absolute Gasteiger partial charge is 0.355 e. The topological polar surface area (TPSA) is 41.1 Å². The van der Waals surface area contributed by atoms with Gasteiger partial charge in [-0.3, -0.25) is 4.79 Å². The van der Waals surface area contributed by atoms with E-state index in [4.69, 9.17) is 0 Å². The molecule has 1 unspecified atom stereocenters. The van der Waals surface area contributed by atoms with Gasteiger partial charge >= 0.3 is 0 Å². The predicted molar refractivity (Wildman–Crippen MR) is 61.7 cm³/mol. The summed E-state index contributed by atoms with van der Waals surface area (Å²) in [6.07, 6.45) is 3.50.